The summed E-state index contributed by atoms with van der Waals surface area (Å²) in [5.74, 6) is 0. The third-order valence-electron chi connectivity index (χ3n) is 3.54. The largest absolute Gasteiger partial charge is 0.220 e. The minimum absolute atomic E-state index is 0.292. The van der Waals surface area contributed by atoms with Gasteiger partial charge in [-0.25, -0.2) is 4.68 Å². The molecule has 0 saturated heterocycles. The maximum absolute atomic E-state index is 4.22. The second-order valence-corrected chi connectivity index (χ2v) is 5.88. The molecule has 18 heavy (non-hydrogen) atoms. The molecule has 1 atom stereocenters. The molecule has 1 aliphatic rings. The Balaban J connectivity index is 1.92. The third kappa shape index (κ3) is 2.09. The van der Waals surface area contributed by atoms with Crippen LogP contribution in [0.25, 0.3) is 5.69 Å². The van der Waals surface area contributed by atoms with Crippen LogP contribution in [0.1, 0.15) is 41.4 Å². The highest BCUT2D eigenvalue weighted by atomic mass is 79.9. The summed E-state index contributed by atoms with van der Waals surface area (Å²) in [5.41, 5.74) is 5.07. The monoisotopic (exact) mass is 305 g/mol. The molecule has 1 aromatic heterocycles. The molecule has 0 N–H and O–H groups in total. The van der Waals surface area contributed by atoms with E-state index in [9.17, 15) is 0 Å². The SMILES string of the molecule is CCC(Br)c1cn(-c2ccc3c(c2)CCC3)nn1. The quantitative estimate of drug-likeness (QED) is 0.811. The van der Waals surface area contributed by atoms with Gasteiger partial charge in [-0.05, 0) is 48.9 Å². The summed E-state index contributed by atoms with van der Waals surface area (Å²) in [7, 11) is 0. The van der Waals surface area contributed by atoms with Crippen molar-refractivity contribution in [3.05, 3.63) is 41.2 Å². The number of hydrogen-bond donors (Lipinski definition) is 0. The van der Waals surface area contributed by atoms with Crippen molar-refractivity contribution in [1.29, 1.82) is 0 Å². The Morgan fingerprint density at radius 3 is 3.00 bits per heavy atom. The van der Waals surface area contributed by atoms with Gasteiger partial charge < -0.3 is 0 Å². The molecule has 0 amide bonds. The van der Waals surface area contributed by atoms with Crippen molar-refractivity contribution in [2.24, 2.45) is 0 Å². The molecule has 3 rings (SSSR count). The lowest BCUT2D eigenvalue weighted by molar-refractivity contribution is 0.789. The summed E-state index contributed by atoms with van der Waals surface area (Å²) in [6, 6.07) is 6.61. The van der Waals surface area contributed by atoms with Gasteiger partial charge in [-0.1, -0.05) is 34.1 Å². The maximum Gasteiger partial charge on any atom is 0.0967 e. The minimum atomic E-state index is 0.292. The van der Waals surface area contributed by atoms with Gasteiger partial charge >= 0.3 is 0 Å². The van der Waals surface area contributed by atoms with Crippen molar-refractivity contribution in [1.82, 2.24) is 15.0 Å². The van der Waals surface area contributed by atoms with E-state index in [0.29, 0.717) is 4.83 Å². The van der Waals surface area contributed by atoms with Crippen LogP contribution in [0, 0.1) is 0 Å². The zero-order valence-electron chi connectivity index (χ0n) is 10.4. The van der Waals surface area contributed by atoms with Crippen LogP contribution in [0.15, 0.2) is 24.4 Å². The molecule has 4 heteroatoms. The molecule has 0 aliphatic heterocycles. The molecule has 0 saturated carbocycles. The van der Waals surface area contributed by atoms with E-state index >= 15 is 0 Å². The number of aryl methyl sites for hydroxylation is 2. The molecule has 1 aliphatic carbocycles. The van der Waals surface area contributed by atoms with Crippen molar-refractivity contribution in [3.8, 4) is 5.69 Å². The normalized spacial score (nSPS) is 15.7. The lowest BCUT2D eigenvalue weighted by atomic mass is 10.1. The Bertz CT molecular complexity index is 562. The third-order valence-corrected chi connectivity index (χ3v) is 4.65. The Morgan fingerprint density at radius 2 is 2.17 bits per heavy atom. The Hall–Kier alpha value is -1.16. The van der Waals surface area contributed by atoms with Gasteiger partial charge in [-0.15, -0.1) is 5.10 Å². The minimum Gasteiger partial charge on any atom is -0.220 e. The number of nitrogens with zero attached hydrogens (tertiary/aromatic N) is 3. The average Bonchev–Trinajstić information content (AvgIpc) is 3.05. The lowest BCUT2D eigenvalue weighted by Gasteiger charge is -2.04. The van der Waals surface area contributed by atoms with Crippen molar-refractivity contribution >= 4 is 15.9 Å². The van der Waals surface area contributed by atoms with Crippen LogP contribution in [0.2, 0.25) is 0 Å². The number of halogens is 1. The van der Waals surface area contributed by atoms with Crippen LogP contribution in [0.3, 0.4) is 0 Å². The van der Waals surface area contributed by atoms with E-state index in [0.717, 1.165) is 17.8 Å². The van der Waals surface area contributed by atoms with Crippen molar-refractivity contribution < 1.29 is 0 Å². The van der Waals surface area contributed by atoms with Gasteiger partial charge in [-0.3, -0.25) is 0 Å². The molecule has 0 fully saturated rings. The standard InChI is InChI=1S/C14H16BrN3/c1-2-13(15)14-9-18(17-16-14)12-7-6-10-4-3-5-11(10)8-12/h6-9,13H,2-5H2,1H3. The predicted octanol–water partition coefficient (Wildman–Crippen LogP) is 3.60. The maximum atomic E-state index is 4.22. The summed E-state index contributed by atoms with van der Waals surface area (Å²) in [5, 5.41) is 8.44. The second kappa shape index (κ2) is 4.84. The van der Waals surface area contributed by atoms with Gasteiger partial charge in [-0.2, -0.15) is 0 Å². The van der Waals surface area contributed by atoms with E-state index in [1.807, 2.05) is 10.9 Å². The summed E-state index contributed by atoms with van der Waals surface area (Å²) in [4.78, 5) is 0.292. The molecule has 1 unspecified atom stereocenters. The van der Waals surface area contributed by atoms with Crippen LogP contribution < -0.4 is 0 Å². The molecule has 2 aromatic rings. The number of benzene rings is 1. The molecule has 0 bridgehead atoms. The van der Waals surface area contributed by atoms with Gasteiger partial charge in [0.05, 0.1) is 22.4 Å². The summed E-state index contributed by atoms with van der Waals surface area (Å²) < 4.78 is 1.87. The predicted molar refractivity (Wildman–Crippen MR) is 75.3 cm³/mol. The molecule has 1 aromatic carbocycles. The molecule has 94 valence electrons. The highest BCUT2D eigenvalue weighted by Crippen LogP contribution is 2.26. The van der Waals surface area contributed by atoms with Crippen LogP contribution >= 0.6 is 15.9 Å². The number of aromatic nitrogens is 3. The van der Waals surface area contributed by atoms with E-state index < -0.39 is 0 Å². The topological polar surface area (TPSA) is 30.7 Å². The molecule has 0 spiro atoms. The highest BCUT2D eigenvalue weighted by molar-refractivity contribution is 9.09. The van der Waals surface area contributed by atoms with Crippen LogP contribution in [-0.4, -0.2) is 15.0 Å². The summed E-state index contributed by atoms with van der Waals surface area (Å²) in [6.45, 7) is 2.13. The van der Waals surface area contributed by atoms with Gasteiger partial charge in [0.25, 0.3) is 0 Å². The number of fused-ring (bicyclic) bond motifs is 1. The van der Waals surface area contributed by atoms with E-state index in [4.69, 9.17) is 0 Å². The summed E-state index contributed by atoms with van der Waals surface area (Å²) in [6.07, 6.45) is 6.72. The zero-order chi connectivity index (χ0) is 12.5. The van der Waals surface area contributed by atoms with E-state index in [1.165, 1.54) is 30.4 Å². The fraction of sp³-hybridized carbons (Fsp3) is 0.429. The Kier molecular flexibility index (Phi) is 3.20. The van der Waals surface area contributed by atoms with E-state index in [1.54, 1.807) is 0 Å². The first kappa shape index (κ1) is 11.9. The van der Waals surface area contributed by atoms with Crippen LogP contribution in [0.4, 0.5) is 0 Å². The van der Waals surface area contributed by atoms with Crippen molar-refractivity contribution in [3.63, 3.8) is 0 Å². The molecule has 1 heterocycles. The molecular weight excluding hydrogens is 290 g/mol. The summed E-state index contributed by atoms with van der Waals surface area (Å²) >= 11 is 3.60. The van der Waals surface area contributed by atoms with Crippen LogP contribution in [-0.2, 0) is 12.8 Å². The molecular formula is C14H16BrN3. The van der Waals surface area contributed by atoms with E-state index in [2.05, 4.69) is 51.4 Å². The smallest absolute Gasteiger partial charge is 0.0967 e. The molecule has 3 nitrogen and oxygen atoms in total. The zero-order valence-corrected chi connectivity index (χ0v) is 12.0. The second-order valence-electron chi connectivity index (χ2n) is 4.77. The number of hydrogen-bond acceptors (Lipinski definition) is 2. The van der Waals surface area contributed by atoms with E-state index in [-0.39, 0.29) is 0 Å². The first-order valence-corrected chi connectivity index (χ1v) is 7.38. The van der Waals surface area contributed by atoms with Gasteiger partial charge in [0, 0.05) is 0 Å². The number of rotatable bonds is 3. The van der Waals surface area contributed by atoms with Gasteiger partial charge in [0.15, 0.2) is 0 Å². The lowest BCUT2D eigenvalue weighted by Crippen LogP contribution is -1.96. The van der Waals surface area contributed by atoms with Gasteiger partial charge in [0.1, 0.15) is 0 Å². The van der Waals surface area contributed by atoms with Gasteiger partial charge in [0.2, 0.25) is 0 Å². The fourth-order valence-corrected chi connectivity index (χ4v) is 2.67. The van der Waals surface area contributed by atoms with Crippen LogP contribution in [0.5, 0.6) is 0 Å². The van der Waals surface area contributed by atoms with Crippen molar-refractivity contribution in [2.45, 2.75) is 37.4 Å². The Labute approximate surface area is 115 Å². The highest BCUT2D eigenvalue weighted by Gasteiger charge is 2.13. The Morgan fingerprint density at radius 1 is 1.33 bits per heavy atom. The average molecular weight is 306 g/mol. The first-order chi connectivity index (χ1) is 8.78. The first-order valence-electron chi connectivity index (χ1n) is 6.46. The molecule has 0 radical (unpaired) electrons. The fourth-order valence-electron chi connectivity index (χ4n) is 2.46. The van der Waals surface area contributed by atoms with Crippen molar-refractivity contribution in [2.75, 3.05) is 0 Å². The number of alkyl halides is 1.